The fourth-order valence-corrected chi connectivity index (χ4v) is 4.74. The Morgan fingerprint density at radius 3 is 2.71 bits per heavy atom. The van der Waals surface area contributed by atoms with Gasteiger partial charge in [-0.15, -0.1) is 0 Å². The molecule has 3 aromatic heterocycles. The minimum Gasteiger partial charge on any atom is -0.378 e. The summed E-state index contributed by atoms with van der Waals surface area (Å²) in [6.07, 6.45) is 5.62. The number of aromatic nitrogens is 3. The van der Waals surface area contributed by atoms with E-state index in [1.807, 2.05) is 43.8 Å². The minimum atomic E-state index is -0.223. The average molecular weight is 498 g/mol. The molecule has 1 atom stereocenters. The van der Waals surface area contributed by atoms with Gasteiger partial charge in [0.05, 0.1) is 41.2 Å². The Bertz CT molecular complexity index is 1380. The molecule has 0 spiro atoms. The van der Waals surface area contributed by atoms with Crippen molar-refractivity contribution in [1.29, 1.82) is 0 Å². The second-order valence-corrected chi connectivity index (χ2v) is 9.11. The predicted molar refractivity (Wildman–Crippen MR) is 137 cm³/mol. The zero-order valence-electron chi connectivity index (χ0n) is 18.7. The highest BCUT2D eigenvalue weighted by molar-refractivity contribution is 6.42. The number of likely N-dealkylation sites (N-methyl/N-ethyl adjacent to an activating group) is 1. The lowest BCUT2D eigenvalue weighted by Gasteiger charge is -2.28. The fourth-order valence-electron chi connectivity index (χ4n) is 4.43. The smallest absolute Gasteiger partial charge is 0.251 e. The van der Waals surface area contributed by atoms with Crippen molar-refractivity contribution in [1.82, 2.24) is 19.9 Å². The van der Waals surface area contributed by atoms with Crippen molar-refractivity contribution in [2.45, 2.75) is 6.04 Å². The zero-order chi connectivity index (χ0) is 23.7. The SMILES string of the molecule is CNC[C@H](c1ccc(Cl)c(Cl)c1)n1ccc(-c2c[nH]c3ncc(N4CCOCC4)cc23)cc1=O. The maximum atomic E-state index is 13.3. The number of hydrogen-bond acceptors (Lipinski definition) is 5. The summed E-state index contributed by atoms with van der Waals surface area (Å²) in [5, 5.41) is 5.10. The van der Waals surface area contributed by atoms with E-state index < -0.39 is 0 Å². The van der Waals surface area contributed by atoms with Crippen LogP contribution in [0.15, 0.2) is 59.8 Å². The van der Waals surface area contributed by atoms with Crippen LogP contribution >= 0.6 is 23.2 Å². The molecule has 4 aromatic rings. The molecule has 1 aliphatic rings. The van der Waals surface area contributed by atoms with E-state index in [2.05, 4.69) is 26.3 Å². The van der Waals surface area contributed by atoms with Crippen LogP contribution in [0.25, 0.3) is 22.2 Å². The van der Waals surface area contributed by atoms with Crippen LogP contribution in [0.3, 0.4) is 0 Å². The second kappa shape index (κ2) is 9.80. The van der Waals surface area contributed by atoms with Crippen molar-refractivity contribution >= 4 is 39.9 Å². The molecule has 7 nitrogen and oxygen atoms in total. The van der Waals surface area contributed by atoms with E-state index in [-0.39, 0.29) is 11.6 Å². The molecule has 0 radical (unpaired) electrons. The maximum Gasteiger partial charge on any atom is 0.251 e. The van der Waals surface area contributed by atoms with E-state index in [0.29, 0.717) is 29.8 Å². The number of H-pyrrole nitrogens is 1. The summed E-state index contributed by atoms with van der Waals surface area (Å²) in [4.78, 5) is 23.4. The molecule has 1 saturated heterocycles. The van der Waals surface area contributed by atoms with Crippen LogP contribution in [-0.4, -0.2) is 54.4 Å². The van der Waals surface area contributed by atoms with Crippen molar-refractivity contribution in [2.75, 3.05) is 44.8 Å². The van der Waals surface area contributed by atoms with E-state index in [1.165, 1.54) is 0 Å². The highest BCUT2D eigenvalue weighted by atomic mass is 35.5. The molecule has 5 rings (SSSR count). The van der Waals surface area contributed by atoms with Gasteiger partial charge in [0.15, 0.2) is 0 Å². The van der Waals surface area contributed by atoms with Crippen LogP contribution < -0.4 is 15.8 Å². The number of benzene rings is 1. The van der Waals surface area contributed by atoms with E-state index in [4.69, 9.17) is 27.9 Å². The third-order valence-electron chi connectivity index (χ3n) is 6.21. The number of nitrogens with one attached hydrogen (secondary N) is 2. The van der Waals surface area contributed by atoms with E-state index in [1.54, 1.807) is 16.7 Å². The molecule has 1 aromatic carbocycles. The first-order chi connectivity index (χ1) is 16.5. The van der Waals surface area contributed by atoms with Crippen molar-refractivity contribution in [3.8, 4) is 11.1 Å². The summed E-state index contributed by atoms with van der Waals surface area (Å²) in [7, 11) is 1.86. The quantitative estimate of drug-likeness (QED) is 0.414. The maximum absolute atomic E-state index is 13.3. The number of ether oxygens (including phenoxy) is 1. The molecular weight excluding hydrogens is 473 g/mol. The Morgan fingerprint density at radius 1 is 1.15 bits per heavy atom. The molecule has 0 bridgehead atoms. The number of nitrogens with zero attached hydrogens (tertiary/aromatic N) is 3. The van der Waals surface area contributed by atoms with Crippen LogP contribution in [0, 0.1) is 0 Å². The van der Waals surface area contributed by atoms with Gasteiger partial charge >= 0.3 is 0 Å². The van der Waals surface area contributed by atoms with Gasteiger partial charge < -0.3 is 24.5 Å². The van der Waals surface area contributed by atoms with Crippen LogP contribution in [0.1, 0.15) is 11.6 Å². The first-order valence-corrected chi connectivity index (χ1v) is 11.9. The van der Waals surface area contributed by atoms with Crippen molar-refractivity contribution in [3.05, 3.63) is 81.0 Å². The second-order valence-electron chi connectivity index (χ2n) is 8.30. The van der Waals surface area contributed by atoms with Crippen LogP contribution in [-0.2, 0) is 4.74 Å². The first-order valence-electron chi connectivity index (χ1n) is 11.2. The van der Waals surface area contributed by atoms with Crippen LogP contribution in [0.4, 0.5) is 5.69 Å². The number of pyridine rings is 2. The predicted octanol–water partition coefficient (Wildman–Crippen LogP) is 4.34. The van der Waals surface area contributed by atoms with Gasteiger partial charge in [-0.05, 0) is 42.4 Å². The standard InChI is InChI=1S/C25H25Cl2N5O2/c1-28-15-23(17-2-3-21(26)22(27)10-17)32-5-4-16(11-24(32)33)20-14-30-25-19(20)12-18(13-29-25)31-6-8-34-9-7-31/h2-5,10-14,23,28H,6-9,15H2,1H3,(H,29,30)/t23-/m1/s1. The van der Waals surface area contributed by atoms with Crippen molar-refractivity contribution in [2.24, 2.45) is 0 Å². The molecule has 9 heteroatoms. The summed E-state index contributed by atoms with van der Waals surface area (Å²) in [5.41, 5.74) is 4.44. The Balaban J connectivity index is 1.51. The lowest BCUT2D eigenvalue weighted by atomic mass is 10.0. The Hall–Kier alpha value is -2.84. The van der Waals surface area contributed by atoms with Gasteiger partial charge in [-0.1, -0.05) is 29.3 Å². The highest BCUT2D eigenvalue weighted by Crippen LogP contribution is 2.31. The summed E-state index contributed by atoms with van der Waals surface area (Å²) in [6, 6.07) is 11.0. The van der Waals surface area contributed by atoms with E-state index in [9.17, 15) is 4.79 Å². The van der Waals surface area contributed by atoms with Crippen LogP contribution in [0.2, 0.25) is 10.0 Å². The lowest BCUT2D eigenvalue weighted by Crippen LogP contribution is -2.36. The lowest BCUT2D eigenvalue weighted by molar-refractivity contribution is 0.122. The van der Waals surface area contributed by atoms with Gasteiger partial charge in [0.25, 0.3) is 5.56 Å². The van der Waals surface area contributed by atoms with Gasteiger partial charge in [-0.3, -0.25) is 4.79 Å². The third kappa shape index (κ3) is 4.44. The van der Waals surface area contributed by atoms with Gasteiger partial charge in [-0.25, -0.2) is 4.98 Å². The van der Waals surface area contributed by atoms with Crippen molar-refractivity contribution in [3.63, 3.8) is 0 Å². The fraction of sp³-hybridized carbons (Fsp3) is 0.280. The summed E-state index contributed by atoms with van der Waals surface area (Å²) in [6.45, 7) is 3.66. The topological polar surface area (TPSA) is 75.2 Å². The Kier molecular flexibility index (Phi) is 6.61. The van der Waals surface area contributed by atoms with Gasteiger partial charge in [0.1, 0.15) is 5.65 Å². The van der Waals surface area contributed by atoms with E-state index >= 15 is 0 Å². The Morgan fingerprint density at radius 2 is 1.97 bits per heavy atom. The van der Waals surface area contributed by atoms with E-state index in [0.717, 1.165) is 46.5 Å². The first kappa shape index (κ1) is 22.9. The highest BCUT2D eigenvalue weighted by Gasteiger charge is 2.18. The molecule has 0 amide bonds. The number of fused-ring (bicyclic) bond motifs is 1. The number of halogens is 2. The zero-order valence-corrected chi connectivity index (χ0v) is 20.2. The third-order valence-corrected chi connectivity index (χ3v) is 6.95. The van der Waals surface area contributed by atoms with Gasteiger partial charge in [-0.2, -0.15) is 0 Å². The number of aromatic amines is 1. The molecule has 0 aliphatic carbocycles. The largest absolute Gasteiger partial charge is 0.378 e. The molecule has 34 heavy (non-hydrogen) atoms. The minimum absolute atomic E-state index is 0.101. The molecule has 2 N–H and O–H groups in total. The number of anilines is 1. The summed E-state index contributed by atoms with van der Waals surface area (Å²) >= 11 is 12.3. The number of hydrogen-bond donors (Lipinski definition) is 2. The molecule has 1 fully saturated rings. The molecule has 0 saturated carbocycles. The van der Waals surface area contributed by atoms with Gasteiger partial charge in [0, 0.05) is 49.0 Å². The normalized spacial score (nSPS) is 15.1. The molecule has 176 valence electrons. The summed E-state index contributed by atoms with van der Waals surface area (Å²) in [5.74, 6) is 0. The van der Waals surface area contributed by atoms with Gasteiger partial charge in [0.2, 0.25) is 0 Å². The Labute approximate surface area is 207 Å². The monoisotopic (exact) mass is 497 g/mol. The number of morpholine rings is 1. The average Bonchev–Trinajstić information content (AvgIpc) is 3.28. The molecule has 1 aliphatic heterocycles. The summed E-state index contributed by atoms with van der Waals surface area (Å²) < 4.78 is 7.18. The van der Waals surface area contributed by atoms with Crippen molar-refractivity contribution < 1.29 is 4.74 Å². The molecule has 4 heterocycles. The number of rotatable bonds is 6. The molecular formula is C25H25Cl2N5O2. The molecule has 0 unspecified atom stereocenters. The van der Waals surface area contributed by atoms with Crippen LogP contribution in [0.5, 0.6) is 0 Å².